The van der Waals surface area contributed by atoms with Crippen LogP contribution < -0.4 is 0 Å². The highest BCUT2D eigenvalue weighted by Gasteiger charge is 2.58. The Morgan fingerprint density at radius 3 is 2.31 bits per heavy atom. The minimum atomic E-state index is -1.64. The number of hydrogen-bond donors (Lipinski definition) is 2. The van der Waals surface area contributed by atoms with Gasteiger partial charge >= 0.3 is 11.9 Å². The first-order valence-corrected chi connectivity index (χ1v) is 10.1. The van der Waals surface area contributed by atoms with Gasteiger partial charge in [0.15, 0.2) is 4.32 Å². The molecule has 1 aliphatic carbocycles. The molecule has 0 spiro atoms. The van der Waals surface area contributed by atoms with Gasteiger partial charge in [-0.2, -0.15) is 0 Å². The first kappa shape index (κ1) is 21.6. The lowest BCUT2D eigenvalue weighted by Crippen LogP contribution is -2.56. The zero-order valence-electron chi connectivity index (χ0n) is 15.6. The molecule has 3 unspecified atom stereocenters. The Morgan fingerprint density at radius 2 is 1.72 bits per heavy atom. The van der Waals surface area contributed by atoms with Crippen LogP contribution >= 0.6 is 27.5 Å². The molecule has 0 heterocycles. The van der Waals surface area contributed by atoms with Crippen LogP contribution in [0.2, 0.25) is 5.02 Å². The van der Waals surface area contributed by atoms with Gasteiger partial charge in [0.05, 0.1) is 6.61 Å². The molecule has 1 aliphatic rings. The number of aliphatic carboxylic acids is 2. The van der Waals surface area contributed by atoms with Crippen LogP contribution in [0.4, 0.5) is 0 Å². The second kappa shape index (κ2) is 8.30. The first-order chi connectivity index (χ1) is 13.7. The van der Waals surface area contributed by atoms with Crippen molar-refractivity contribution in [2.45, 2.75) is 35.8 Å². The molecule has 2 aromatic carbocycles. The van der Waals surface area contributed by atoms with Crippen LogP contribution in [0.1, 0.15) is 24.5 Å². The van der Waals surface area contributed by atoms with Gasteiger partial charge in [-0.05, 0) is 24.1 Å². The summed E-state index contributed by atoms with van der Waals surface area (Å²) in [5.74, 6) is -2.36. The number of hydrogen-bond acceptors (Lipinski definition) is 3. The SMILES string of the molecule is CC1=CC(OCc2ccccc2)C(Br)(C(=O)O)CC1(C(=O)O)c1ccccc1Cl. The fourth-order valence-electron chi connectivity index (χ4n) is 3.74. The first-order valence-electron chi connectivity index (χ1n) is 8.97. The number of ether oxygens (including phenoxy) is 1. The predicted octanol–water partition coefficient (Wildman–Crippen LogP) is 4.82. The van der Waals surface area contributed by atoms with E-state index in [9.17, 15) is 19.8 Å². The molecule has 2 N–H and O–H groups in total. The smallest absolute Gasteiger partial charge is 0.323 e. The Morgan fingerprint density at radius 1 is 1.10 bits per heavy atom. The second-order valence-electron chi connectivity index (χ2n) is 7.10. The molecule has 0 aromatic heterocycles. The number of rotatable bonds is 6. The lowest BCUT2D eigenvalue weighted by Gasteiger charge is -2.44. The van der Waals surface area contributed by atoms with Crippen LogP contribution in [0.5, 0.6) is 0 Å². The van der Waals surface area contributed by atoms with Gasteiger partial charge < -0.3 is 14.9 Å². The quantitative estimate of drug-likeness (QED) is 0.459. The van der Waals surface area contributed by atoms with Gasteiger partial charge in [0.2, 0.25) is 0 Å². The average Bonchev–Trinajstić information content (AvgIpc) is 2.69. The molecular formula is C22H20BrClO5. The van der Waals surface area contributed by atoms with Crippen molar-refractivity contribution in [3.8, 4) is 0 Å². The van der Waals surface area contributed by atoms with Crippen LogP contribution in [-0.2, 0) is 26.3 Å². The molecule has 0 fully saturated rings. The number of carboxylic acid groups (broad SMARTS) is 2. The van der Waals surface area contributed by atoms with Crippen molar-refractivity contribution in [1.82, 2.24) is 0 Å². The molecule has 2 aromatic rings. The van der Waals surface area contributed by atoms with Crippen LogP contribution in [0.15, 0.2) is 66.2 Å². The summed E-state index contributed by atoms with van der Waals surface area (Å²) in [4.78, 5) is 24.7. The van der Waals surface area contributed by atoms with E-state index in [1.165, 1.54) is 0 Å². The molecule has 0 saturated carbocycles. The van der Waals surface area contributed by atoms with Crippen molar-refractivity contribution in [2.24, 2.45) is 0 Å². The lowest BCUT2D eigenvalue weighted by molar-refractivity contribution is -0.148. The molecule has 152 valence electrons. The predicted molar refractivity (Wildman–Crippen MR) is 113 cm³/mol. The molecule has 0 radical (unpaired) electrons. The summed E-state index contributed by atoms with van der Waals surface area (Å²) in [6, 6.07) is 16.0. The zero-order valence-corrected chi connectivity index (χ0v) is 18.0. The average molecular weight is 480 g/mol. The van der Waals surface area contributed by atoms with E-state index in [2.05, 4.69) is 15.9 Å². The van der Waals surface area contributed by atoms with E-state index in [1.54, 1.807) is 37.3 Å². The van der Waals surface area contributed by atoms with Crippen molar-refractivity contribution < 1.29 is 24.5 Å². The zero-order chi connectivity index (χ0) is 21.2. The number of alkyl halides is 1. The third-order valence-electron chi connectivity index (χ3n) is 5.37. The Labute approximate surface area is 182 Å². The van der Waals surface area contributed by atoms with Crippen LogP contribution in [-0.4, -0.2) is 32.6 Å². The summed E-state index contributed by atoms with van der Waals surface area (Å²) in [6.07, 6.45) is 0.457. The summed E-state index contributed by atoms with van der Waals surface area (Å²) in [5, 5.41) is 20.5. The highest BCUT2D eigenvalue weighted by Crippen LogP contribution is 2.51. The lowest BCUT2D eigenvalue weighted by atomic mass is 9.64. The van der Waals surface area contributed by atoms with Crippen molar-refractivity contribution in [3.05, 3.63) is 82.4 Å². The van der Waals surface area contributed by atoms with Crippen molar-refractivity contribution >= 4 is 39.5 Å². The maximum absolute atomic E-state index is 12.5. The Bertz CT molecular complexity index is 961. The molecule has 0 aliphatic heterocycles. The largest absolute Gasteiger partial charge is 0.480 e. The van der Waals surface area contributed by atoms with Gasteiger partial charge in [0.1, 0.15) is 11.5 Å². The fourth-order valence-corrected chi connectivity index (χ4v) is 4.72. The second-order valence-corrected chi connectivity index (χ2v) is 8.92. The normalized spacial score (nSPS) is 26.6. The number of carbonyl (C=O) groups is 2. The molecule has 3 atom stereocenters. The molecule has 3 rings (SSSR count). The standard InChI is InChI=1S/C22H20BrClO5/c1-14-11-18(29-12-15-7-3-2-4-8-15)22(23,20(27)28)13-21(14,19(25)26)16-9-5-6-10-17(16)24/h2-11,18H,12-13H2,1H3,(H,25,26)(H,27,28). The van der Waals surface area contributed by atoms with Crippen LogP contribution in [0.25, 0.3) is 0 Å². The van der Waals surface area contributed by atoms with E-state index in [-0.39, 0.29) is 18.1 Å². The topological polar surface area (TPSA) is 83.8 Å². The Hall–Kier alpha value is -2.15. The van der Waals surface area contributed by atoms with Crippen LogP contribution in [0, 0.1) is 0 Å². The number of halogens is 2. The Kier molecular flexibility index (Phi) is 6.17. The summed E-state index contributed by atoms with van der Waals surface area (Å²) in [7, 11) is 0. The highest BCUT2D eigenvalue weighted by atomic mass is 79.9. The minimum Gasteiger partial charge on any atom is -0.480 e. The summed E-state index contributed by atoms with van der Waals surface area (Å²) >= 11 is 9.64. The molecule has 0 bridgehead atoms. The number of carboxylic acids is 2. The highest BCUT2D eigenvalue weighted by molar-refractivity contribution is 9.10. The molecule has 0 saturated heterocycles. The van der Waals surface area contributed by atoms with Gasteiger partial charge in [-0.1, -0.05) is 87.7 Å². The molecule has 5 nitrogen and oxygen atoms in total. The van der Waals surface area contributed by atoms with Crippen molar-refractivity contribution in [1.29, 1.82) is 0 Å². The summed E-state index contributed by atoms with van der Waals surface area (Å²) in [6.45, 7) is 1.87. The fraction of sp³-hybridized carbons (Fsp3) is 0.273. The van der Waals surface area contributed by atoms with E-state index in [0.29, 0.717) is 11.1 Å². The van der Waals surface area contributed by atoms with E-state index < -0.39 is 27.8 Å². The van der Waals surface area contributed by atoms with Gasteiger partial charge in [0, 0.05) is 11.4 Å². The van der Waals surface area contributed by atoms with Crippen LogP contribution in [0.3, 0.4) is 0 Å². The van der Waals surface area contributed by atoms with E-state index >= 15 is 0 Å². The van der Waals surface area contributed by atoms with E-state index in [0.717, 1.165) is 5.56 Å². The molecular weight excluding hydrogens is 460 g/mol. The van der Waals surface area contributed by atoms with Crippen molar-refractivity contribution in [2.75, 3.05) is 0 Å². The Balaban J connectivity index is 2.07. The van der Waals surface area contributed by atoms with Gasteiger partial charge in [0.25, 0.3) is 0 Å². The molecule has 29 heavy (non-hydrogen) atoms. The monoisotopic (exact) mass is 478 g/mol. The minimum absolute atomic E-state index is 0.197. The number of benzene rings is 2. The van der Waals surface area contributed by atoms with E-state index in [4.69, 9.17) is 16.3 Å². The van der Waals surface area contributed by atoms with E-state index in [1.807, 2.05) is 30.3 Å². The van der Waals surface area contributed by atoms with Crippen molar-refractivity contribution in [3.63, 3.8) is 0 Å². The molecule has 7 heteroatoms. The third-order valence-corrected chi connectivity index (χ3v) is 6.78. The maximum Gasteiger partial charge on any atom is 0.323 e. The maximum atomic E-state index is 12.5. The van der Waals surface area contributed by atoms with Gasteiger partial charge in [-0.25, -0.2) is 0 Å². The third kappa shape index (κ3) is 3.84. The summed E-state index contributed by atoms with van der Waals surface area (Å²) in [5.41, 5.74) is 0.134. The van der Waals surface area contributed by atoms with Gasteiger partial charge in [-0.3, -0.25) is 9.59 Å². The summed E-state index contributed by atoms with van der Waals surface area (Å²) < 4.78 is 4.29. The van der Waals surface area contributed by atoms with Gasteiger partial charge in [-0.15, -0.1) is 0 Å². The molecule has 0 amide bonds.